The monoisotopic (exact) mass is 270 g/mol. The van der Waals surface area contributed by atoms with Crippen molar-refractivity contribution in [2.24, 2.45) is 5.92 Å². The summed E-state index contributed by atoms with van der Waals surface area (Å²) in [5.41, 5.74) is -0.143. The topological polar surface area (TPSA) is 40.5 Å². The molecule has 2 aromatic carbocycles. The van der Waals surface area contributed by atoms with Crippen LogP contribution in [-0.4, -0.2) is 15.8 Å². The van der Waals surface area contributed by atoms with Gasteiger partial charge >= 0.3 is 0 Å². The lowest BCUT2D eigenvalue weighted by atomic mass is 9.75. The SMILES string of the molecule is CC1CCC(O)(C(O)c2ccc3ccccc3c2)CC1. The second-order valence-corrected chi connectivity index (χ2v) is 6.30. The summed E-state index contributed by atoms with van der Waals surface area (Å²) < 4.78 is 0. The van der Waals surface area contributed by atoms with E-state index < -0.39 is 11.7 Å². The van der Waals surface area contributed by atoms with Crippen LogP contribution < -0.4 is 0 Å². The number of benzene rings is 2. The molecule has 2 N–H and O–H groups in total. The molecule has 1 atom stereocenters. The minimum Gasteiger partial charge on any atom is -0.387 e. The van der Waals surface area contributed by atoms with E-state index in [1.165, 1.54) is 0 Å². The smallest absolute Gasteiger partial charge is 0.108 e. The van der Waals surface area contributed by atoms with Gasteiger partial charge in [-0.3, -0.25) is 0 Å². The molecular formula is C18H22O2. The first kappa shape index (κ1) is 13.6. The molecule has 2 aromatic rings. The van der Waals surface area contributed by atoms with Gasteiger partial charge in [0.25, 0.3) is 0 Å². The van der Waals surface area contributed by atoms with Crippen LogP contribution in [0.5, 0.6) is 0 Å². The highest BCUT2D eigenvalue weighted by Crippen LogP contribution is 2.40. The highest BCUT2D eigenvalue weighted by Gasteiger charge is 2.39. The Bertz CT molecular complexity index is 597. The second kappa shape index (κ2) is 5.19. The summed E-state index contributed by atoms with van der Waals surface area (Å²) in [5, 5.41) is 23.6. The third-order valence-electron chi connectivity index (χ3n) is 4.74. The Labute approximate surface area is 120 Å². The fourth-order valence-electron chi connectivity index (χ4n) is 3.22. The Morgan fingerprint density at radius 2 is 1.70 bits per heavy atom. The summed E-state index contributed by atoms with van der Waals surface area (Å²) in [4.78, 5) is 0. The van der Waals surface area contributed by atoms with Gasteiger partial charge in [-0.2, -0.15) is 0 Å². The van der Waals surface area contributed by atoms with Crippen molar-refractivity contribution < 1.29 is 10.2 Å². The molecule has 0 bridgehead atoms. The van der Waals surface area contributed by atoms with Gasteiger partial charge in [0.2, 0.25) is 0 Å². The molecule has 1 unspecified atom stereocenters. The van der Waals surface area contributed by atoms with Crippen LogP contribution in [0.15, 0.2) is 42.5 Å². The summed E-state index contributed by atoms with van der Waals surface area (Å²) in [6.45, 7) is 2.21. The minimum absolute atomic E-state index is 0.652. The van der Waals surface area contributed by atoms with Crippen LogP contribution in [0.3, 0.4) is 0 Å². The molecule has 0 aliphatic heterocycles. The zero-order chi connectivity index (χ0) is 14.2. The molecule has 0 radical (unpaired) electrons. The average molecular weight is 270 g/mol. The standard InChI is InChI=1S/C18H22O2/c1-13-8-10-18(20,11-9-13)17(19)16-7-6-14-4-2-3-5-15(14)12-16/h2-7,12-13,17,19-20H,8-11H2,1H3. The van der Waals surface area contributed by atoms with E-state index in [1.54, 1.807) is 0 Å². The third-order valence-corrected chi connectivity index (χ3v) is 4.74. The molecule has 2 nitrogen and oxygen atoms in total. The average Bonchev–Trinajstić information content (AvgIpc) is 2.49. The molecule has 0 heterocycles. The first-order valence-electron chi connectivity index (χ1n) is 7.48. The first-order valence-corrected chi connectivity index (χ1v) is 7.48. The van der Waals surface area contributed by atoms with E-state index in [-0.39, 0.29) is 0 Å². The normalized spacial score (nSPS) is 28.4. The lowest BCUT2D eigenvalue weighted by Crippen LogP contribution is -2.39. The molecular weight excluding hydrogens is 248 g/mol. The highest BCUT2D eigenvalue weighted by atomic mass is 16.3. The second-order valence-electron chi connectivity index (χ2n) is 6.30. The van der Waals surface area contributed by atoms with Crippen molar-refractivity contribution in [1.82, 2.24) is 0 Å². The van der Waals surface area contributed by atoms with Crippen LogP contribution in [0, 0.1) is 5.92 Å². The van der Waals surface area contributed by atoms with Gasteiger partial charge in [-0.1, -0.05) is 43.3 Å². The van der Waals surface area contributed by atoms with Crippen LogP contribution in [0.4, 0.5) is 0 Å². The van der Waals surface area contributed by atoms with E-state index >= 15 is 0 Å². The maximum absolute atomic E-state index is 10.7. The summed E-state index contributed by atoms with van der Waals surface area (Å²) in [7, 11) is 0. The van der Waals surface area contributed by atoms with Crippen molar-refractivity contribution in [3.63, 3.8) is 0 Å². The molecule has 0 saturated heterocycles. The van der Waals surface area contributed by atoms with Crippen LogP contribution in [0.2, 0.25) is 0 Å². The van der Waals surface area contributed by atoms with Gasteiger partial charge in [-0.05, 0) is 54.0 Å². The Hall–Kier alpha value is -1.38. The molecule has 106 valence electrons. The quantitative estimate of drug-likeness (QED) is 0.871. The predicted molar refractivity (Wildman–Crippen MR) is 81.5 cm³/mol. The van der Waals surface area contributed by atoms with E-state index in [4.69, 9.17) is 0 Å². The third kappa shape index (κ3) is 2.46. The Morgan fingerprint density at radius 1 is 1.05 bits per heavy atom. The van der Waals surface area contributed by atoms with Crippen molar-refractivity contribution in [2.75, 3.05) is 0 Å². The van der Waals surface area contributed by atoms with E-state index in [1.807, 2.05) is 36.4 Å². The molecule has 1 saturated carbocycles. The maximum atomic E-state index is 10.7. The minimum atomic E-state index is -0.963. The molecule has 1 aliphatic carbocycles. The zero-order valence-corrected chi connectivity index (χ0v) is 11.9. The number of rotatable bonds is 2. The van der Waals surface area contributed by atoms with Crippen LogP contribution in [0.1, 0.15) is 44.3 Å². The number of aliphatic hydroxyl groups excluding tert-OH is 1. The lowest BCUT2D eigenvalue weighted by molar-refractivity contribution is -0.105. The van der Waals surface area contributed by atoms with Gasteiger partial charge in [-0.15, -0.1) is 0 Å². The Kier molecular flexibility index (Phi) is 3.53. The van der Waals surface area contributed by atoms with Crippen molar-refractivity contribution in [1.29, 1.82) is 0 Å². The number of fused-ring (bicyclic) bond motifs is 1. The highest BCUT2D eigenvalue weighted by molar-refractivity contribution is 5.83. The number of hydrogen-bond acceptors (Lipinski definition) is 2. The van der Waals surface area contributed by atoms with Gasteiger partial charge in [0.05, 0.1) is 5.60 Å². The van der Waals surface area contributed by atoms with Crippen LogP contribution in [-0.2, 0) is 0 Å². The molecule has 20 heavy (non-hydrogen) atoms. The Morgan fingerprint density at radius 3 is 2.40 bits per heavy atom. The number of aliphatic hydroxyl groups is 2. The fourth-order valence-corrected chi connectivity index (χ4v) is 3.22. The molecule has 0 spiro atoms. The first-order chi connectivity index (χ1) is 9.58. The van der Waals surface area contributed by atoms with Gasteiger partial charge in [0, 0.05) is 0 Å². The fraction of sp³-hybridized carbons (Fsp3) is 0.444. The van der Waals surface area contributed by atoms with E-state index in [9.17, 15) is 10.2 Å². The summed E-state index contributed by atoms with van der Waals surface area (Å²) in [6.07, 6.45) is 2.55. The summed E-state index contributed by atoms with van der Waals surface area (Å²) in [5.74, 6) is 0.652. The summed E-state index contributed by atoms with van der Waals surface area (Å²) in [6, 6.07) is 14.0. The van der Waals surface area contributed by atoms with Gasteiger partial charge in [-0.25, -0.2) is 0 Å². The van der Waals surface area contributed by atoms with Gasteiger partial charge in [0.1, 0.15) is 6.10 Å². The van der Waals surface area contributed by atoms with Crippen molar-refractivity contribution in [3.8, 4) is 0 Å². The van der Waals surface area contributed by atoms with E-state index in [0.717, 1.165) is 29.2 Å². The molecule has 0 aromatic heterocycles. The molecule has 1 fully saturated rings. The molecule has 3 rings (SSSR count). The zero-order valence-electron chi connectivity index (χ0n) is 11.9. The molecule has 0 amide bonds. The van der Waals surface area contributed by atoms with Gasteiger partial charge < -0.3 is 10.2 Å². The van der Waals surface area contributed by atoms with E-state index in [2.05, 4.69) is 13.0 Å². The van der Waals surface area contributed by atoms with E-state index in [0.29, 0.717) is 18.8 Å². The van der Waals surface area contributed by atoms with Crippen LogP contribution >= 0.6 is 0 Å². The van der Waals surface area contributed by atoms with Gasteiger partial charge in [0.15, 0.2) is 0 Å². The largest absolute Gasteiger partial charge is 0.387 e. The molecule has 1 aliphatic rings. The van der Waals surface area contributed by atoms with Crippen LogP contribution in [0.25, 0.3) is 10.8 Å². The number of hydrogen-bond donors (Lipinski definition) is 2. The van der Waals surface area contributed by atoms with Crippen molar-refractivity contribution >= 4 is 10.8 Å². The van der Waals surface area contributed by atoms with Crippen molar-refractivity contribution in [2.45, 2.75) is 44.3 Å². The van der Waals surface area contributed by atoms with Crippen molar-refractivity contribution in [3.05, 3.63) is 48.0 Å². The predicted octanol–water partition coefficient (Wildman–Crippen LogP) is 3.81. The Balaban J connectivity index is 1.89. The lowest BCUT2D eigenvalue weighted by Gasteiger charge is -2.38. The maximum Gasteiger partial charge on any atom is 0.108 e. The summed E-state index contributed by atoms with van der Waals surface area (Å²) >= 11 is 0. The molecule has 2 heteroatoms.